The molecule has 0 aliphatic heterocycles. The summed E-state index contributed by atoms with van der Waals surface area (Å²) in [6.45, 7) is 4.49. The molecule has 0 aromatic heterocycles. The Morgan fingerprint density at radius 1 is 1.16 bits per heavy atom. The van der Waals surface area contributed by atoms with Gasteiger partial charge in [0, 0.05) is 23.4 Å². The smallest absolute Gasteiger partial charge is 0.127 e. The van der Waals surface area contributed by atoms with Gasteiger partial charge in [-0.05, 0) is 24.8 Å². The zero-order valence-electron chi connectivity index (χ0n) is 12.5. The van der Waals surface area contributed by atoms with Crippen LogP contribution in [0.2, 0.25) is 0 Å². The molecule has 0 aliphatic rings. The van der Waals surface area contributed by atoms with Gasteiger partial charge in [-0.15, -0.1) is 0 Å². The van der Waals surface area contributed by atoms with Gasteiger partial charge in [0.2, 0.25) is 0 Å². The number of benzene rings is 1. The molecule has 1 rings (SSSR count). The lowest BCUT2D eigenvalue weighted by Gasteiger charge is -2.20. The molecular formula is C15H25NO2S. The van der Waals surface area contributed by atoms with Crippen LogP contribution in [0.5, 0.6) is 11.5 Å². The first-order chi connectivity index (χ1) is 9.12. The molecule has 19 heavy (non-hydrogen) atoms. The SMILES string of the molecule is CNC(CSCC(C)C)c1ccc(OC)cc1OC. The molecule has 0 heterocycles. The molecule has 0 saturated heterocycles. The first-order valence-corrected chi connectivity index (χ1v) is 7.74. The lowest BCUT2D eigenvalue weighted by atomic mass is 10.1. The predicted octanol–water partition coefficient (Wildman–Crippen LogP) is 3.35. The van der Waals surface area contributed by atoms with E-state index in [0.29, 0.717) is 6.04 Å². The first-order valence-electron chi connectivity index (χ1n) is 6.59. The first kappa shape index (κ1) is 16.2. The van der Waals surface area contributed by atoms with Gasteiger partial charge in [0.15, 0.2) is 0 Å². The maximum absolute atomic E-state index is 5.47. The summed E-state index contributed by atoms with van der Waals surface area (Å²) in [5, 5.41) is 3.36. The minimum atomic E-state index is 0.296. The standard InChI is InChI=1S/C15H25NO2S/c1-11(2)9-19-10-14(16-3)13-7-6-12(17-4)8-15(13)18-5/h6-8,11,14,16H,9-10H2,1-5H3. The molecule has 0 amide bonds. The van der Waals surface area contributed by atoms with E-state index in [1.54, 1.807) is 14.2 Å². The molecule has 1 N–H and O–H groups in total. The van der Waals surface area contributed by atoms with E-state index >= 15 is 0 Å². The number of hydrogen-bond acceptors (Lipinski definition) is 4. The third-order valence-corrected chi connectivity index (χ3v) is 4.37. The summed E-state index contributed by atoms with van der Waals surface area (Å²) in [4.78, 5) is 0. The summed E-state index contributed by atoms with van der Waals surface area (Å²) in [7, 11) is 5.36. The lowest BCUT2D eigenvalue weighted by Crippen LogP contribution is -2.20. The van der Waals surface area contributed by atoms with Crippen LogP contribution >= 0.6 is 11.8 Å². The van der Waals surface area contributed by atoms with Gasteiger partial charge < -0.3 is 14.8 Å². The van der Waals surface area contributed by atoms with Crippen molar-refractivity contribution in [3.05, 3.63) is 23.8 Å². The van der Waals surface area contributed by atoms with Crippen molar-refractivity contribution in [1.82, 2.24) is 5.32 Å². The molecule has 0 spiro atoms. The Balaban J connectivity index is 2.79. The van der Waals surface area contributed by atoms with Gasteiger partial charge in [0.25, 0.3) is 0 Å². The second kappa shape index (κ2) is 8.33. The minimum absolute atomic E-state index is 0.296. The van der Waals surface area contributed by atoms with Gasteiger partial charge in [-0.1, -0.05) is 19.9 Å². The number of ether oxygens (including phenoxy) is 2. The Morgan fingerprint density at radius 2 is 1.89 bits per heavy atom. The molecule has 0 bridgehead atoms. The highest BCUT2D eigenvalue weighted by Gasteiger charge is 2.15. The van der Waals surface area contributed by atoms with Gasteiger partial charge in [-0.3, -0.25) is 0 Å². The summed E-state index contributed by atoms with van der Waals surface area (Å²) in [6.07, 6.45) is 0. The van der Waals surface area contributed by atoms with Crippen LogP contribution in [0.4, 0.5) is 0 Å². The quantitative estimate of drug-likeness (QED) is 0.792. The van der Waals surface area contributed by atoms with Crippen LogP contribution < -0.4 is 14.8 Å². The molecule has 0 saturated carbocycles. The highest BCUT2D eigenvalue weighted by molar-refractivity contribution is 7.99. The normalized spacial score (nSPS) is 12.5. The molecular weight excluding hydrogens is 258 g/mol. The maximum atomic E-state index is 5.47. The Kier molecular flexibility index (Phi) is 7.10. The largest absolute Gasteiger partial charge is 0.497 e. The highest BCUT2D eigenvalue weighted by atomic mass is 32.2. The molecule has 0 aliphatic carbocycles. The number of hydrogen-bond donors (Lipinski definition) is 1. The molecule has 0 fully saturated rings. The van der Waals surface area contributed by atoms with Gasteiger partial charge in [0.1, 0.15) is 11.5 Å². The third kappa shape index (κ3) is 4.96. The number of rotatable bonds is 8. The van der Waals surface area contributed by atoms with Crippen molar-refractivity contribution in [2.24, 2.45) is 5.92 Å². The minimum Gasteiger partial charge on any atom is -0.497 e. The molecule has 1 atom stereocenters. The monoisotopic (exact) mass is 283 g/mol. The zero-order valence-corrected chi connectivity index (χ0v) is 13.3. The van der Waals surface area contributed by atoms with E-state index in [4.69, 9.17) is 9.47 Å². The second-order valence-electron chi connectivity index (χ2n) is 4.88. The molecule has 1 unspecified atom stereocenters. The molecule has 1 aromatic rings. The number of methoxy groups -OCH3 is 2. The molecule has 4 heteroatoms. The van der Waals surface area contributed by atoms with Crippen molar-refractivity contribution in [3.8, 4) is 11.5 Å². The van der Waals surface area contributed by atoms with Gasteiger partial charge >= 0.3 is 0 Å². The van der Waals surface area contributed by atoms with E-state index in [1.165, 1.54) is 11.3 Å². The van der Waals surface area contributed by atoms with E-state index in [9.17, 15) is 0 Å². The molecule has 3 nitrogen and oxygen atoms in total. The van der Waals surface area contributed by atoms with Crippen LogP contribution in [-0.2, 0) is 0 Å². The average molecular weight is 283 g/mol. The zero-order chi connectivity index (χ0) is 14.3. The van der Waals surface area contributed by atoms with Crippen LogP contribution in [0.25, 0.3) is 0 Å². The van der Waals surface area contributed by atoms with Crippen LogP contribution in [0.1, 0.15) is 25.5 Å². The third-order valence-electron chi connectivity index (χ3n) is 2.90. The Morgan fingerprint density at radius 3 is 2.42 bits per heavy atom. The van der Waals surface area contributed by atoms with Crippen molar-refractivity contribution >= 4 is 11.8 Å². The van der Waals surface area contributed by atoms with Crippen LogP contribution in [0, 0.1) is 5.92 Å². The fraction of sp³-hybridized carbons (Fsp3) is 0.600. The van der Waals surface area contributed by atoms with Crippen molar-refractivity contribution < 1.29 is 9.47 Å². The molecule has 0 radical (unpaired) electrons. The van der Waals surface area contributed by atoms with Crippen LogP contribution in [0.15, 0.2) is 18.2 Å². The van der Waals surface area contributed by atoms with E-state index in [-0.39, 0.29) is 0 Å². The van der Waals surface area contributed by atoms with E-state index in [1.807, 2.05) is 30.9 Å². The molecule has 1 aromatic carbocycles. The number of thioether (sulfide) groups is 1. The van der Waals surface area contributed by atoms with Gasteiger partial charge in [-0.25, -0.2) is 0 Å². The summed E-state index contributed by atoms with van der Waals surface area (Å²) >= 11 is 1.97. The average Bonchev–Trinajstić information content (AvgIpc) is 2.42. The van der Waals surface area contributed by atoms with Gasteiger partial charge in [0.05, 0.1) is 14.2 Å². The fourth-order valence-electron chi connectivity index (χ4n) is 1.86. The maximum Gasteiger partial charge on any atom is 0.127 e. The Hall–Kier alpha value is -0.870. The van der Waals surface area contributed by atoms with E-state index in [0.717, 1.165) is 23.2 Å². The predicted molar refractivity (Wildman–Crippen MR) is 83.5 cm³/mol. The second-order valence-corrected chi connectivity index (χ2v) is 5.96. The van der Waals surface area contributed by atoms with Gasteiger partial charge in [-0.2, -0.15) is 11.8 Å². The summed E-state index contributed by atoms with van der Waals surface area (Å²) in [6, 6.07) is 6.29. The van der Waals surface area contributed by atoms with Crippen molar-refractivity contribution in [3.63, 3.8) is 0 Å². The fourth-order valence-corrected chi connectivity index (χ4v) is 3.05. The van der Waals surface area contributed by atoms with Crippen molar-refractivity contribution in [2.45, 2.75) is 19.9 Å². The Labute approximate surface area is 121 Å². The van der Waals surface area contributed by atoms with E-state index < -0.39 is 0 Å². The van der Waals surface area contributed by atoms with Crippen LogP contribution in [-0.4, -0.2) is 32.8 Å². The Bertz CT molecular complexity index is 382. The number of nitrogens with one attached hydrogen (secondary N) is 1. The van der Waals surface area contributed by atoms with E-state index in [2.05, 4.69) is 25.2 Å². The summed E-state index contributed by atoms with van der Waals surface area (Å²) in [5.41, 5.74) is 1.18. The lowest BCUT2D eigenvalue weighted by molar-refractivity contribution is 0.387. The summed E-state index contributed by atoms with van der Waals surface area (Å²) < 4.78 is 10.7. The topological polar surface area (TPSA) is 30.5 Å². The van der Waals surface area contributed by atoms with Crippen molar-refractivity contribution in [1.29, 1.82) is 0 Å². The summed E-state index contributed by atoms with van der Waals surface area (Å²) in [5.74, 6) is 4.64. The molecule has 108 valence electrons. The van der Waals surface area contributed by atoms with Crippen LogP contribution in [0.3, 0.4) is 0 Å². The van der Waals surface area contributed by atoms with Crippen molar-refractivity contribution in [2.75, 3.05) is 32.8 Å². The highest BCUT2D eigenvalue weighted by Crippen LogP contribution is 2.31.